The van der Waals surface area contributed by atoms with E-state index in [0.29, 0.717) is 5.56 Å². The number of halogens is 3. The van der Waals surface area contributed by atoms with Crippen LogP contribution in [0, 0.1) is 7.14 Å². The van der Waals surface area contributed by atoms with Gasteiger partial charge in [-0.1, -0.05) is 0 Å². The minimum Gasteiger partial charge on any atom is -0.478 e. The van der Waals surface area contributed by atoms with Gasteiger partial charge in [-0.3, -0.25) is 0 Å². The van der Waals surface area contributed by atoms with Gasteiger partial charge in [-0.15, -0.1) is 0 Å². The zero-order valence-corrected chi connectivity index (χ0v) is 11.5. The maximum atomic E-state index is 10.8. The van der Waals surface area contributed by atoms with Gasteiger partial charge in [0, 0.05) is 11.6 Å². The van der Waals surface area contributed by atoms with Gasteiger partial charge in [0.05, 0.1) is 5.56 Å². The first-order valence-corrected chi connectivity index (χ1v) is 5.86. The van der Waals surface area contributed by atoms with E-state index in [1.807, 2.05) is 51.2 Å². The molecule has 0 radical (unpaired) electrons. The second-order valence-corrected chi connectivity index (χ2v) is 5.12. The molecule has 0 fully saturated rings. The molecule has 0 aromatic heterocycles. The summed E-state index contributed by atoms with van der Waals surface area (Å²) in [7, 11) is 0. The van der Waals surface area contributed by atoms with Gasteiger partial charge in [-0.2, -0.15) is 0 Å². The molecule has 1 aromatic rings. The lowest BCUT2D eigenvalue weighted by atomic mass is 10.2. The van der Waals surface area contributed by atoms with Crippen molar-refractivity contribution in [2.24, 2.45) is 0 Å². The Morgan fingerprint density at radius 3 is 2.42 bits per heavy atom. The van der Waals surface area contributed by atoms with E-state index in [1.165, 1.54) is 0 Å². The van der Waals surface area contributed by atoms with E-state index in [9.17, 15) is 4.79 Å². The normalized spacial score (nSPS) is 9.92. The topological polar surface area (TPSA) is 37.3 Å². The zero-order chi connectivity index (χ0) is 9.30. The third-order valence-corrected chi connectivity index (χ3v) is 4.68. The summed E-state index contributed by atoms with van der Waals surface area (Å²) < 4.78 is 2.32. The maximum Gasteiger partial charge on any atom is 0.337 e. The van der Waals surface area contributed by atoms with Gasteiger partial charge in [-0.25, -0.2) is 4.79 Å². The second-order valence-electron chi connectivity index (χ2n) is 2.02. The van der Waals surface area contributed by atoms with Gasteiger partial charge < -0.3 is 5.11 Å². The highest BCUT2D eigenvalue weighted by Crippen LogP contribution is 2.26. The van der Waals surface area contributed by atoms with Crippen molar-refractivity contribution in [1.82, 2.24) is 0 Å². The number of hydrogen-bond acceptors (Lipinski definition) is 1. The van der Waals surface area contributed by atoms with Crippen LogP contribution in [-0.2, 0) is 0 Å². The third kappa shape index (κ3) is 2.11. The van der Waals surface area contributed by atoms with Gasteiger partial charge >= 0.3 is 5.97 Å². The first-order valence-electron chi connectivity index (χ1n) is 2.91. The highest BCUT2D eigenvalue weighted by molar-refractivity contribution is 14.1. The molecule has 1 aromatic carbocycles. The minimum absolute atomic E-state index is 0.366. The van der Waals surface area contributed by atoms with Crippen molar-refractivity contribution < 1.29 is 9.90 Å². The smallest absolute Gasteiger partial charge is 0.337 e. The molecule has 0 saturated heterocycles. The highest BCUT2D eigenvalue weighted by Gasteiger charge is 2.14. The Hall–Kier alpha value is 0.630. The molecule has 0 bridgehead atoms. The van der Waals surface area contributed by atoms with Gasteiger partial charge in [0.15, 0.2) is 0 Å². The Bertz CT molecular complexity index is 338. The number of rotatable bonds is 1. The standard InChI is InChI=1S/C7H3BrI2O2/c8-3-1-2-4(9)5(6(3)10)7(11)12/h1-2H,(H,11,12). The summed E-state index contributed by atoms with van der Waals surface area (Å²) >= 11 is 7.30. The molecule has 0 aliphatic carbocycles. The molecule has 0 saturated carbocycles. The Kier molecular flexibility index (Phi) is 3.77. The summed E-state index contributed by atoms with van der Waals surface area (Å²) in [5.41, 5.74) is 0.366. The molecule has 1 rings (SSSR count). The Morgan fingerprint density at radius 1 is 1.42 bits per heavy atom. The van der Waals surface area contributed by atoms with E-state index in [2.05, 4.69) is 15.9 Å². The van der Waals surface area contributed by atoms with E-state index in [0.717, 1.165) is 11.6 Å². The summed E-state index contributed by atoms with van der Waals surface area (Å²) in [6.07, 6.45) is 0. The molecule has 0 unspecified atom stereocenters. The highest BCUT2D eigenvalue weighted by atomic mass is 127. The Labute approximate surface area is 105 Å². The lowest BCUT2D eigenvalue weighted by Gasteiger charge is -2.03. The molecule has 2 nitrogen and oxygen atoms in total. The number of benzene rings is 1. The van der Waals surface area contributed by atoms with Crippen molar-refractivity contribution in [1.29, 1.82) is 0 Å². The van der Waals surface area contributed by atoms with Crippen LogP contribution in [0.25, 0.3) is 0 Å². The van der Waals surface area contributed by atoms with E-state index in [1.54, 1.807) is 6.07 Å². The predicted molar refractivity (Wildman–Crippen MR) is 66.5 cm³/mol. The molecular formula is C7H3BrI2O2. The van der Waals surface area contributed by atoms with Crippen LogP contribution in [0.2, 0.25) is 0 Å². The van der Waals surface area contributed by atoms with Crippen molar-refractivity contribution in [3.63, 3.8) is 0 Å². The average Bonchev–Trinajstić information content (AvgIpc) is 1.97. The van der Waals surface area contributed by atoms with Crippen LogP contribution in [-0.4, -0.2) is 11.1 Å². The summed E-state index contributed by atoms with van der Waals surface area (Å²) in [4.78, 5) is 10.8. The zero-order valence-electron chi connectivity index (χ0n) is 5.64. The average molecular weight is 453 g/mol. The van der Waals surface area contributed by atoms with Crippen LogP contribution >= 0.6 is 61.1 Å². The van der Waals surface area contributed by atoms with E-state index in [4.69, 9.17) is 5.11 Å². The molecule has 0 atom stereocenters. The Morgan fingerprint density at radius 2 is 2.00 bits per heavy atom. The van der Waals surface area contributed by atoms with Crippen molar-refractivity contribution in [3.8, 4) is 0 Å². The molecule has 0 amide bonds. The molecule has 0 aliphatic heterocycles. The summed E-state index contributed by atoms with van der Waals surface area (Å²) in [6, 6.07) is 3.62. The minimum atomic E-state index is -0.884. The molecule has 64 valence electrons. The third-order valence-electron chi connectivity index (χ3n) is 1.26. The van der Waals surface area contributed by atoms with Crippen LogP contribution in [0.1, 0.15) is 10.4 Å². The van der Waals surface area contributed by atoms with E-state index in [-0.39, 0.29) is 0 Å². The molecule has 0 spiro atoms. The van der Waals surface area contributed by atoms with Crippen molar-refractivity contribution in [2.45, 2.75) is 0 Å². The van der Waals surface area contributed by atoms with Crippen molar-refractivity contribution in [3.05, 3.63) is 29.3 Å². The lowest BCUT2D eigenvalue weighted by molar-refractivity contribution is 0.0694. The monoisotopic (exact) mass is 452 g/mol. The van der Waals surface area contributed by atoms with Crippen LogP contribution in [0.3, 0.4) is 0 Å². The molecular weight excluding hydrogens is 450 g/mol. The largest absolute Gasteiger partial charge is 0.478 e. The van der Waals surface area contributed by atoms with E-state index < -0.39 is 5.97 Å². The molecule has 0 heterocycles. The molecule has 0 aliphatic rings. The summed E-state index contributed by atoms with van der Waals surface area (Å²) in [5.74, 6) is -0.884. The number of carbonyl (C=O) groups is 1. The van der Waals surface area contributed by atoms with Gasteiger partial charge in [-0.05, 0) is 73.2 Å². The first-order chi connectivity index (χ1) is 5.54. The SMILES string of the molecule is O=C(O)c1c(I)ccc(Br)c1I. The predicted octanol–water partition coefficient (Wildman–Crippen LogP) is 3.36. The van der Waals surface area contributed by atoms with Crippen molar-refractivity contribution in [2.75, 3.05) is 0 Å². The first kappa shape index (κ1) is 10.7. The summed E-state index contributed by atoms with van der Waals surface area (Å²) in [6.45, 7) is 0. The fraction of sp³-hybridized carbons (Fsp3) is 0. The van der Waals surface area contributed by atoms with Gasteiger partial charge in [0.25, 0.3) is 0 Å². The molecule has 12 heavy (non-hydrogen) atoms. The summed E-state index contributed by atoms with van der Waals surface area (Å²) in [5, 5.41) is 8.84. The lowest BCUT2D eigenvalue weighted by Crippen LogP contribution is -2.03. The Balaban J connectivity index is 3.43. The molecule has 1 N–H and O–H groups in total. The molecule has 5 heteroatoms. The number of aromatic carboxylic acids is 1. The number of carboxylic acids is 1. The number of carboxylic acid groups (broad SMARTS) is 1. The quantitative estimate of drug-likeness (QED) is 0.524. The van der Waals surface area contributed by atoms with Crippen molar-refractivity contribution >= 4 is 67.1 Å². The number of hydrogen-bond donors (Lipinski definition) is 1. The van der Waals surface area contributed by atoms with Crippen LogP contribution in [0.5, 0.6) is 0 Å². The second kappa shape index (κ2) is 4.23. The van der Waals surface area contributed by atoms with Gasteiger partial charge in [0.1, 0.15) is 0 Å². The fourth-order valence-electron chi connectivity index (χ4n) is 0.723. The van der Waals surface area contributed by atoms with Crippen LogP contribution in [0.4, 0.5) is 0 Å². The van der Waals surface area contributed by atoms with E-state index >= 15 is 0 Å². The maximum absolute atomic E-state index is 10.8. The fourth-order valence-corrected chi connectivity index (χ4v) is 2.95. The van der Waals surface area contributed by atoms with Crippen LogP contribution in [0.15, 0.2) is 16.6 Å². The van der Waals surface area contributed by atoms with Gasteiger partial charge in [0.2, 0.25) is 0 Å². The van der Waals surface area contributed by atoms with Crippen LogP contribution < -0.4 is 0 Å².